The minimum atomic E-state index is -0.0210. The Balaban J connectivity index is 1.32. The standard InChI is InChI=1S/C21H27N3O2/c25-20(23-15-12-21(26-13-15)7-9-22-10-8-21)14-5-6-19-17(11-14)16-3-1-2-4-18(16)24-19/h5-6,11,15,22,24H,1-4,7-10,12-13H2,(H,23,25)/t15-/m0/s1. The molecule has 138 valence electrons. The number of carbonyl (C=O) groups excluding carboxylic acids is 1. The van der Waals surface area contributed by atoms with Gasteiger partial charge in [-0.1, -0.05) is 0 Å². The Bertz CT molecular complexity index is 835. The van der Waals surface area contributed by atoms with Crippen LogP contribution in [0, 0.1) is 0 Å². The molecule has 1 spiro atoms. The maximum Gasteiger partial charge on any atom is 0.251 e. The first-order chi connectivity index (χ1) is 12.7. The van der Waals surface area contributed by atoms with Crippen LogP contribution in [0.25, 0.3) is 10.9 Å². The van der Waals surface area contributed by atoms with Crippen molar-refractivity contribution < 1.29 is 9.53 Å². The van der Waals surface area contributed by atoms with E-state index in [0.717, 1.165) is 56.3 Å². The van der Waals surface area contributed by atoms with Crippen LogP contribution in [0.1, 0.15) is 53.7 Å². The SMILES string of the molecule is O=C(N[C@@H]1COC2(CCNCC2)C1)c1ccc2[nH]c3c(c2c1)CCCC3. The molecule has 0 radical (unpaired) electrons. The van der Waals surface area contributed by atoms with Gasteiger partial charge in [0.25, 0.3) is 5.91 Å². The molecular weight excluding hydrogens is 326 g/mol. The Hall–Kier alpha value is -1.85. The number of amides is 1. The normalized spacial score (nSPS) is 24.7. The lowest BCUT2D eigenvalue weighted by molar-refractivity contribution is -0.0194. The first kappa shape index (κ1) is 16.3. The molecule has 5 heteroatoms. The van der Waals surface area contributed by atoms with Crippen molar-refractivity contribution in [1.29, 1.82) is 0 Å². The molecule has 2 aliphatic heterocycles. The number of aromatic amines is 1. The number of fused-ring (bicyclic) bond motifs is 3. The molecule has 0 bridgehead atoms. The quantitative estimate of drug-likeness (QED) is 0.778. The van der Waals surface area contributed by atoms with E-state index in [0.29, 0.717) is 6.61 Å². The van der Waals surface area contributed by atoms with E-state index in [1.807, 2.05) is 6.07 Å². The molecule has 3 aliphatic rings. The monoisotopic (exact) mass is 353 g/mol. The van der Waals surface area contributed by atoms with Gasteiger partial charge in [-0.05, 0) is 81.8 Å². The van der Waals surface area contributed by atoms with Gasteiger partial charge in [-0.2, -0.15) is 0 Å². The summed E-state index contributed by atoms with van der Waals surface area (Å²) in [6.45, 7) is 2.65. The second-order valence-corrected chi connectivity index (χ2v) is 8.17. The lowest BCUT2D eigenvalue weighted by Crippen LogP contribution is -2.43. The summed E-state index contributed by atoms with van der Waals surface area (Å²) in [6, 6.07) is 6.19. The molecular formula is C21H27N3O2. The first-order valence-electron chi connectivity index (χ1n) is 10.0. The third kappa shape index (κ3) is 2.83. The molecule has 1 aromatic heterocycles. The third-order valence-corrected chi connectivity index (χ3v) is 6.42. The highest BCUT2D eigenvalue weighted by Crippen LogP contribution is 2.34. The van der Waals surface area contributed by atoms with Crippen LogP contribution in [0.15, 0.2) is 18.2 Å². The fourth-order valence-corrected chi connectivity index (χ4v) is 4.98. The molecule has 0 saturated carbocycles. The summed E-state index contributed by atoms with van der Waals surface area (Å²) in [5.74, 6) is 0.0252. The summed E-state index contributed by atoms with van der Waals surface area (Å²) < 4.78 is 6.10. The fourth-order valence-electron chi connectivity index (χ4n) is 4.98. The van der Waals surface area contributed by atoms with E-state index in [4.69, 9.17) is 4.74 Å². The van der Waals surface area contributed by atoms with Crippen molar-refractivity contribution in [3.05, 3.63) is 35.0 Å². The zero-order valence-electron chi connectivity index (χ0n) is 15.2. The van der Waals surface area contributed by atoms with Crippen LogP contribution in [-0.2, 0) is 17.6 Å². The first-order valence-corrected chi connectivity index (χ1v) is 10.0. The van der Waals surface area contributed by atoms with E-state index >= 15 is 0 Å². The van der Waals surface area contributed by atoms with Gasteiger partial charge in [0.05, 0.1) is 18.2 Å². The van der Waals surface area contributed by atoms with E-state index in [2.05, 4.69) is 27.8 Å². The summed E-state index contributed by atoms with van der Waals surface area (Å²) in [7, 11) is 0. The number of rotatable bonds is 2. The number of carbonyl (C=O) groups is 1. The number of aryl methyl sites for hydroxylation is 2. The van der Waals surface area contributed by atoms with Crippen LogP contribution in [0.3, 0.4) is 0 Å². The van der Waals surface area contributed by atoms with Crippen LogP contribution < -0.4 is 10.6 Å². The second-order valence-electron chi connectivity index (χ2n) is 8.17. The summed E-state index contributed by atoms with van der Waals surface area (Å²) >= 11 is 0. The number of hydrogen-bond acceptors (Lipinski definition) is 3. The summed E-state index contributed by atoms with van der Waals surface area (Å²) in [5, 5.41) is 7.82. The maximum absolute atomic E-state index is 12.8. The van der Waals surface area contributed by atoms with Crippen LogP contribution in [0.2, 0.25) is 0 Å². The Labute approximate surface area is 153 Å². The minimum absolute atomic E-state index is 0.0210. The Morgan fingerprint density at radius 3 is 2.92 bits per heavy atom. The zero-order valence-corrected chi connectivity index (χ0v) is 15.2. The molecule has 3 N–H and O–H groups in total. The van der Waals surface area contributed by atoms with Gasteiger partial charge in [0.2, 0.25) is 0 Å². The van der Waals surface area contributed by atoms with Crippen LogP contribution in [0.4, 0.5) is 0 Å². The van der Waals surface area contributed by atoms with Crippen molar-refractivity contribution in [2.24, 2.45) is 0 Å². The average molecular weight is 353 g/mol. The number of ether oxygens (including phenoxy) is 1. The Morgan fingerprint density at radius 1 is 1.19 bits per heavy atom. The molecule has 1 aliphatic carbocycles. The molecule has 26 heavy (non-hydrogen) atoms. The maximum atomic E-state index is 12.8. The van der Waals surface area contributed by atoms with Gasteiger partial charge in [0.1, 0.15) is 0 Å². The molecule has 3 heterocycles. The van der Waals surface area contributed by atoms with Crippen molar-refractivity contribution in [3.8, 4) is 0 Å². The van der Waals surface area contributed by atoms with Gasteiger partial charge in [-0.3, -0.25) is 4.79 Å². The average Bonchev–Trinajstić information content (AvgIpc) is 3.23. The summed E-state index contributed by atoms with van der Waals surface area (Å²) in [6.07, 6.45) is 7.76. The summed E-state index contributed by atoms with van der Waals surface area (Å²) in [4.78, 5) is 16.4. The molecule has 2 fully saturated rings. The third-order valence-electron chi connectivity index (χ3n) is 6.42. The lowest BCUT2D eigenvalue weighted by Gasteiger charge is -2.32. The van der Waals surface area contributed by atoms with Crippen molar-refractivity contribution in [1.82, 2.24) is 15.6 Å². The predicted octanol–water partition coefficient (Wildman–Crippen LogP) is 2.69. The van der Waals surface area contributed by atoms with Gasteiger partial charge in [-0.15, -0.1) is 0 Å². The number of H-pyrrole nitrogens is 1. The van der Waals surface area contributed by atoms with E-state index in [1.54, 1.807) is 0 Å². The Morgan fingerprint density at radius 2 is 2.04 bits per heavy atom. The molecule has 5 rings (SSSR count). The fraction of sp³-hybridized carbons (Fsp3) is 0.571. The van der Waals surface area contributed by atoms with Crippen molar-refractivity contribution in [2.45, 2.75) is 56.6 Å². The number of hydrogen-bond donors (Lipinski definition) is 3. The molecule has 0 unspecified atom stereocenters. The van der Waals surface area contributed by atoms with Crippen molar-refractivity contribution >= 4 is 16.8 Å². The van der Waals surface area contributed by atoms with Crippen LogP contribution in [0.5, 0.6) is 0 Å². The van der Waals surface area contributed by atoms with E-state index in [-0.39, 0.29) is 17.6 Å². The molecule has 1 amide bonds. The van der Waals surface area contributed by atoms with Crippen LogP contribution >= 0.6 is 0 Å². The number of piperidine rings is 1. The highest BCUT2D eigenvalue weighted by Gasteiger charge is 2.41. The van der Waals surface area contributed by atoms with Gasteiger partial charge < -0.3 is 20.4 Å². The topological polar surface area (TPSA) is 66.2 Å². The molecule has 1 aromatic carbocycles. The highest BCUT2D eigenvalue weighted by atomic mass is 16.5. The molecule has 2 saturated heterocycles. The lowest BCUT2D eigenvalue weighted by atomic mass is 9.88. The minimum Gasteiger partial charge on any atom is -0.373 e. The summed E-state index contributed by atoms with van der Waals surface area (Å²) in [5.41, 5.74) is 4.68. The van der Waals surface area contributed by atoms with Gasteiger partial charge in [0, 0.05) is 22.2 Å². The van der Waals surface area contributed by atoms with E-state index in [1.165, 1.54) is 29.5 Å². The molecule has 1 atom stereocenters. The van der Waals surface area contributed by atoms with Gasteiger partial charge >= 0.3 is 0 Å². The van der Waals surface area contributed by atoms with Gasteiger partial charge in [-0.25, -0.2) is 0 Å². The number of benzene rings is 1. The second kappa shape index (κ2) is 6.39. The van der Waals surface area contributed by atoms with Crippen LogP contribution in [-0.4, -0.2) is 42.2 Å². The molecule has 2 aromatic rings. The number of nitrogens with one attached hydrogen (secondary N) is 3. The largest absolute Gasteiger partial charge is 0.373 e. The number of aromatic nitrogens is 1. The highest BCUT2D eigenvalue weighted by molar-refractivity contribution is 5.99. The predicted molar refractivity (Wildman–Crippen MR) is 102 cm³/mol. The van der Waals surface area contributed by atoms with Gasteiger partial charge in [0.15, 0.2) is 0 Å². The van der Waals surface area contributed by atoms with E-state index < -0.39 is 0 Å². The molecule has 5 nitrogen and oxygen atoms in total. The Kier molecular flexibility index (Phi) is 4.02. The van der Waals surface area contributed by atoms with Crippen molar-refractivity contribution in [3.63, 3.8) is 0 Å². The van der Waals surface area contributed by atoms with E-state index in [9.17, 15) is 4.79 Å². The zero-order chi connectivity index (χ0) is 17.6. The smallest absolute Gasteiger partial charge is 0.251 e. The van der Waals surface area contributed by atoms with Crippen molar-refractivity contribution in [2.75, 3.05) is 19.7 Å².